The summed E-state index contributed by atoms with van der Waals surface area (Å²) in [5.74, 6) is 5.90. The topological polar surface area (TPSA) is 21.3 Å². The van der Waals surface area contributed by atoms with E-state index in [0.717, 1.165) is 13.1 Å². The van der Waals surface area contributed by atoms with Crippen molar-refractivity contribution >= 4 is 0 Å². The molecule has 1 saturated carbocycles. The molecule has 15 heavy (non-hydrogen) atoms. The number of rotatable bonds is 3. The van der Waals surface area contributed by atoms with Crippen LogP contribution in [0, 0.1) is 11.8 Å². The van der Waals surface area contributed by atoms with Crippen molar-refractivity contribution in [1.29, 1.82) is 0 Å². The summed E-state index contributed by atoms with van der Waals surface area (Å²) in [6, 6.07) is 0. The lowest BCUT2D eigenvalue weighted by Crippen LogP contribution is -2.31. The van der Waals surface area contributed by atoms with E-state index in [2.05, 4.69) is 17.2 Å². The first-order valence-corrected chi connectivity index (χ1v) is 6.13. The summed E-state index contributed by atoms with van der Waals surface area (Å²) < 4.78 is 6.18. The van der Waals surface area contributed by atoms with Crippen molar-refractivity contribution in [2.45, 2.75) is 57.2 Å². The molecule has 0 bridgehead atoms. The van der Waals surface area contributed by atoms with Crippen LogP contribution >= 0.6 is 0 Å². The molecule has 0 aromatic heterocycles. The molecule has 1 atom stereocenters. The average molecular weight is 207 g/mol. The summed E-state index contributed by atoms with van der Waals surface area (Å²) in [7, 11) is 0. The monoisotopic (exact) mass is 207 g/mol. The molecule has 1 unspecified atom stereocenters. The first kappa shape index (κ1) is 11.0. The molecule has 1 heterocycles. The number of hydrogen-bond acceptors (Lipinski definition) is 2. The minimum absolute atomic E-state index is 0.281. The lowest BCUT2D eigenvalue weighted by Gasteiger charge is -2.23. The second-order valence-electron chi connectivity index (χ2n) is 4.73. The Kier molecular flexibility index (Phi) is 3.66. The summed E-state index contributed by atoms with van der Waals surface area (Å²) in [5.41, 5.74) is 0.281. The zero-order chi connectivity index (χ0) is 10.6. The Bertz CT molecular complexity index is 257. The smallest absolute Gasteiger partial charge is 0.0708 e. The third kappa shape index (κ3) is 2.74. The van der Waals surface area contributed by atoms with Crippen molar-refractivity contribution in [3.63, 3.8) is 0 Å². The third-order valence-electron chi connectivity index (χ3n) is 3.62. The Morgan fingerprint density at radius 1 is 1.33 bits per heavy atom. The first-order chi connectivity index (χ1) is 7.35. The fraction of sp³-hybridized carbons (Fsp3) is 0.846. The minimum Gasteiger partial charge on any atom is -0.370 e. The molecule has 1 spiro atoms. The molecule has 0 aromatic rings. The van der Waals surface area contributed by atoms with Crippen molar-refractivity contribution in [3.05, 3.63) is 0 Å². The van der Waals surface area contributed by atoms with Gasteiger partial charge in [-0.1, -0.05) is 18.8 Å². The predicted molar refractivity (Wildman–Crippen MR) is 61.6 cm³/mol. The summed E-state index contributed by atoms with van der Waals surface area (Å²) in [6.45, 7) is 3.64. The molecule has 0 aromatic carbocycles. The second kappa shape index (κ2) is 5.01. The van der Waals surface area contributed by atoms with E-state index < -0.39 is 0 Å². The molecule has 1 aliphatic heterocycles. The van der Waals surface area contributed by atoms with E-state index in [0.29, 0.717) is 6.10 Å². The van der Waals surface area contributed by atoms with Crippen molar-refractivity contribution in [1.82, 2.24) is 5.32 Å². The van der Waals surface area contributed by atoms with Crippen LogP contribution in [0.5, 0.6) is 0 Å². The van der Waals surface area contributed by atoms with Gasteiger partial charge in [0.2, 0.25) is 0 Å². The molecule has 0 amide bonds. The van der Waals surface area contributed by atoms with Gasteiger partial charge >= 0.3 is 0 Å². The van der Waals surface area contributed by atoms with Gasteiger partial charge in [-0.15, -0.1) is 5.92 Å². The Hall–Kier alpha value is -0.520. The van der Waals surface area contributed by atoms with E-state index in [4.69, 9.17) is 4.74 Å². The normalized spacial score (nSPS) is 27.9. The average Bonchev–Trinajstić information content (AvgIpc) is 2.85. The highest BCUT2D eigenvalue weighted by Gasteiger charge is 2.41. The zero-order valence-corrected chi connectivity index (χ0v) is 9.64. The Morgan fingerprint density at radius 3 is 2.87 bits per heavy atom. The van der Waals surface area contributed by atoms with Gasteiger partial charge < -0.3 is 10.1 Å². The molecule has 2 heteroatoms. The van der Waals surface area contributed by atoms with Crippen molar-refractivity contribution in [2.75, 3.05) is 13.1 Å². The van der Waals surface area contributed by atoms with Crippen LogP contribution < -0.4 is 5.32 Å². The third-order valence-corrected chi connectivity index (χ3v) is 3.62. The van der Waals surface area contributed by atoms with Gasteiger partial charge in [0, 0.05) is 6.54 Å². The zero-order valence-electron chi connectivity index (χ0n) is 9.64. The number of ether oxygens (including phenoxy) is 1. The lowest BCUT2D eigenvalue weighted by molar-refractivity contribution is -0.0347. The maximum Gasteiger partial charge on any atom is 0.0708 e. The predicted octanol–water partition coefficient (Wildman–Crippen LogP) is 2.09. The van der Waals surface area contributed by atoms with Gasteiger partial charge in [-0.3, -0.25) is 0 Å². The van der Waals surface area contributed by atoms with Gasteiger partial charge in [-0.25, -0.2) is 0 Å². The maximum atomic E-state index is 6.18. The minimum atomic E-state index is 0.281. The highest BCUT2D eigenvalue weighted by atomic mass is 16.5. The molecule has 2 nitrogen and oxygen atoms in total. The summed E-state index contributed by atoms with van der Waals surface area (Å²) in [5, 5.41) is 3.34. The van der Waals surface area contributed by atoms with Crippen LogP contribution in [0.15, 0.2) is 0 Å². The van der Waals surface area contributed by atoms with Gasteiger partial charge in [0.25, 0.3) is 0 Å². The quantitative estimate of drug-likeness (QED) is 0.565. The van der Waals surface area contributed by atoms with Gasteiger partial charge in [0.15, 0.2) is 0 Å². The van der Waals surface area contributed by atoms with Crippen LogP contribution in [0.2, 0.25) is 0 Å². The van der Waals surface area contributed by atoms with Crippen LogP contribution in [0.3, 0.4) is 0 Å². The van der Waals surface area contributed by atoms with E-state index in [1.54, 1.807) is 0 Å². The van der Waals surface area contributed by atoms with Crippen LogP contribution in [0.1, 0.15) is 45.4 Å². The van der Waals surface area contributed by atoms with E-state index in [1.165, 1.54) is 38.5 Å². The van der Waals surface area contributed by atoms with Crippen molar-refractivity contribution < 1.29 is 4.74 Å². The maximum absolute atomic E-state index is 6.18. The lowest BCUT2D eigenvalue weighted by atomic mass is 9.98. The van der Waals surface area contributed by atoms with Crippen molar-refractivity contribution in [3.8, 4) is 11.8 Å². The molecular weight excluding hydrogens is 186 g/mol. The number of hydrogen-bond donors (Lipinski definition) is 1. The van der Waals surface area contributed by atoms with Crippen LogP contribution in [0.4, 0.5) is 0 Å². The van der Waals surface area contributed by atoms with Gasteiger partial charge in [0.05, 0.1) is 18.2 Å². The molecule has 2 rings (SSSR count). The van der Waals surface area contributed by atoms with Crippen LogP contribution in [-0.2, 0) is 4.74 Å². The highest BCUT2D eigenvalue weighted by Crippen LogP contribution is 2.42. The Balaban J connectivity index is 1.70. The Labute approximate surface area is 92.8 Å². The molecule has 1 N–H and O–H groups in total. The largest absolute Gasteiger partial charge is 0.370 e. The van der Waals surface area contributed by atoms with E-state index in [-0.39, 0.29) is 5.60 Å². The van der Waals surface area contributed by atoms with Crippen LogP contribution in [0.25, 0.3) is 0 Å². The van der Waals surface area contributed by atoms with E-state index in [1.807, 2.05) is 6.92 Å². The fourth-order valence-corrected chi connectivity index (χ4v) is 2.81. The van der Waals surface area contributed by atoms with Gasteiger partial charge in [-0.2, -0.15) is 0 Å². The first-order valence-electron chi connectivity index (χ1n) is 6.13. The summed E-state index contributed by atoms with van der Waals surface area (Å²) in [6.07, 6.45) is 8.24. The molecule has 1 saturated heterocycles. The van der Waals surface area contributed by atoms with Gasteiger partial charge in [0.1, 0.15) is 0 Å². The van der Waals surface area contributed by atoms with Gasteiger partial charge in [-0.05, 0) is 32.6 Å². The molecule has 84 valence electrons. The standard InChI is InChI=1S/C13H21NO/c1-2-3-10-14-11-12-6-9-13(15-12)7-4-5-8-13/h12,14H,4-11H2,1H3. The molecule has 0 radical (unpaired) electrons. The molecule has 2 fully saturated rings. The fourth-order valence-electron chi connectivity index (χ4n) is 2.81. The SMILES string of the molecule is CC#CCNCC1CCC2(CCCC2)O1. The summed E-state index contributed by atoms with van der Waals surface area (Å²) in [4.78, 5) is 0. The van der Waals surface area contributed by atoms with Crippen LogP contribution in [-0.4, -0.2) is 24.8 Å². The Morgan fingerprint density at radius 2 is 2.13 bits per heavy atom. The molecular formula is C13H21NO. The highest BCUT2D eigenvalue weighted by molar-refractivity contribution is 4.98. The van der Waals surface area contributed by atoms with Crippen molar-refractivity contribution in [2.24, 2.45) is 0 Å². The number of nitrogens with one attached hydrogen (secondary N) is 1. The second-order valence-corrected chi connectivity index (χ2v) is 4.73. The van der Waals surface area contributed by atoms with E-state index >= 15 is 0 Å². The molecule has 2 aliphatic rings. The van der Waals surface area contributed by atoms with E-state index in [9.17, 15) is 0 Å². The summed E-state index contributed by atoms with van der Waals surface area (Å²) >= 11 is 0. The molecule has 1 aliphatic carbocycles.